The number of rotatable bonds is 3. The third-order valence-corrected chi connectivity index (χ3v) is 3.14. The van der Waals surface area contributed by atoms with Crippen LogP contribution in [0, 0.1) is 0 Å². The minimum atomic E-state index is -5.14. The number of nitrogens with zero attached hydrogens (tertiary/aromatic N) is 2. The maximum atomic E-state index is 13.3. The van der Waals surface area contributed by atoms with E-state index in [0.717, 1.165) is 10.7 Å². The summed E-state index contributed by atoms with van der Waals surface area (Å²) in [7, 11) is 0. The number of halogens is 3. The monoisotopic (exact) mass is 287 g/mol. The average molecular weight is 287 g/mol. The van der Waals surface area contributed by atoms with E-state index in [4.69, 9.17) is 0 Å². The Kier molecular flexibility index (Phi) is 3.29. The molecule has 2 aromatic carbocycles. The molecule has 0 atom stereocenters. The van der Waals surface area contributed by atoms with Crippen molar-refractivity contribution in [2.75, 3.05) is 0 Å². The molecule has 0 fully saturated rings. The molecular formula is C15H11BF3N2-. The van der Waals surface area contributed by atoms with Crippen LogP contribution in [0.15, 0.2) is 66.7 Å². The summed E-state index contributed by atoms with van der Waals surface area (Å²) >= 11 is 0. The second kappa shape index (κ2) is 5.12. The van der Waals surface area contributed by atoms with Crippen molar-refractivity contribution in [3.05, 3.63) is 66.7 Å². The Labute approximate surface area is 119 Å². The Balaban J connectivity index is 2.17. The molecule has 0 saturated heterocycles. The van der Waals surface area contributed by atoms with Crippen molar-refractivity contribution >= 4 is 12.6 Å². The molecule has 0 unspecified atom stereocenters. The zero-order valence-electron chi connectivity index (χ0n) is 11.0. The van der Waals surface area contributed by atoms with Gasteiger partial charge in [0, 0.05) is 5.56 Å². The smallest absolute Gasteiger partial charge is 0.444 e. The first-order chi connectivity index (χ1) is 10.1. The standard InChI is InChI=1S/C15H11BF3N2/c17-16(18,19)15-11-14(12-7-3-1-4-8-12)20-21(15)13-9-5-2-6-10-13/h1-11H/q-1. The molecular weight excluding hydrogens is 276 g/mol. The second-order valence-corrected chi connectivity index (χ2v) is 4.64. The Morgan fingerprint density at radius 2 is 1.38 bits per heavy atom. The van der Waals surface area contributed by atoms with Gasteiger partial charge >= 0.3 is 6.98 Å². The van der Waals surface area contributed by atoms with Crippen molar-refractivity contribution in [1.29, 1.82) is 0 Å². The van der Waals surface area contributed by atoms with Crippen LogP contribution in [-0.2, 0) is 0 Å². The van der Waals surface area contributed by atoms with E-state index in [9.17, 15) is 12.9 Å². The van der Waals surface area contributed by atoms with Gasteiger partial charge in [0.2, 0.25) is 0 Å². The summed E-state index contributed by atoms with van der Waals surface area (Å²) < 4.78 is 40.8. The molecule has 0 aliphatic carbocycles. The molecule has 0 aliphatic rings. The van der Waals surface area contributed by atoms with Crippen molar-refractivity contribution in [2.24, 2.45) is 0 Å². The Bertz CT molecular complexity index is 737. The molecule has 0 spiro atoms. The lowest BCUT2D eigenvalue weighted by atomic mass is 9.85. The first kappa shape index (κ1) is 13.5. The van der Waals surface area contributed by atoms with Crippen LogP contribution in [0.5, 0.6) is 0 Å². The van der Waals surface area contributed by atoms with Gasteiger partial charge in [0.15, 0.2) is 0 Å². The summed E-state index contributed by atoms with van der Waals surface area (Å²) in [4.78, 5) is 0. The predicted octanol–water partition coefficient (Wildman–Crippen LogP) is 3.59. The van der Waals surface area contributed by atoms with E-state index in [1.54, 1.807) is 54.6 Å². The predicted molar refractivity (Wildman–Crippen MR) is 77.7 cm³/mol. The summed E-state index contributed by atoms with van der Waals surface area (Å²) in [5.74, 6) is 0. The average Bonchev–Trinajstić information content (AvgIpc) is 2.94. The lowest BCUT2D eigenvalue weighted by Crippen LogP contribution is -2.39. The minimum absolute atomic E-state index is 0.314. The fourth-order valence-corrected chi connectivity index (χ4v) is 2.15. The van der Waals surface area contributed by atoms with Gasteiger partial charge < -0.3 is 12.9 Å². The van der Waals surface area contributed by atoms with E-state index in [1.807, 2.05) is 6.07 Å². The number of benzene rings is 2. The molecule has 1 aromatic heterocycles. The van der Waals surface area contributed by atoms with Crippen LogP contribution in [-0.4, -0.2) is 16.8 Å². The molecule has 3 rings (SSSR count). The number of hydrogen-bond donors (Lipinski definition) is 0. The fourth-order valence-electron chi connectivity index (χ4n) is 2.15. The van der Waals surface area contributed by atoms with E-state index >= 15 is 0 Å². The third-order valence-electron chi connectivity index (χ3n) is 3.14. The molecule has 21 heavy (non-hydrogen) atoms. The molecule has 0 amide bonds. The third kappa shape index (κ3) is 2.70. The molecule has 1 heterocycles. The Hall–Kier alpha value is -2.50. The molecule has 106 valence electrons. The van der Waals surface area contributed by atoms with Crippen molar-refractivity contribution < 1.29 is 12.9 Å². The molecule has 0 bridgehead atoms. The molecule has 0 N–H and O–H groups in total. The van der Waals surface area contributed by atoms with Crippen molar-refractivity contribution in [3.63, 3.8) is 0 Å². The summed E-state index contributed by atoms with van der Waals surface area (Å²) in [5.41, 5.74) is 0.649. The number of hydrogen-bond acceptors (Lipinski definition) is 1. The van der Waals surface area contributed by atoms with Gasteiger partial charge in [0.1, 0.15) is 0 Å². The molecule has 0 aliphatic heterocycles. The van der Waals surface area contributed by atoms with Crippen molar-refractivity contribution in [3.8, 4) is 16.9 Å². The SMILES string of the molecule is F[B-](F)(F)c1cc(-c2ccccc2)nn1-c1ccccc1. The second-order valence-electron chi connectivity index (χ2n) is 4.64. The normalized spacial score (nSPS) is 11.6. The fraction of sp³-hybridized carbons (Fsp3) is 0. The van der Waals surface area contributed by atoms with Gasteiger partial charge in [0.05, 0.1) is 11.4 Å². The summed E-state index contributed by atoms with van der Waals surface area (Å²) in [6.07, 6.45) is 0. The Morgan fingerprint density at radius 1 is 0.810 bits per heavy atom. The lowest BCUT2D eigenvalue weighted by Gasteiger charge is -2.16. The molecule has 6 heteroatoms. The maximum Gasteiger partial charge on any atom is 0.527 e. The molecule has 2 nitrogen and oxygen atoms in total. The van der Waals surface area contributed by atoms with Gasteiger partial charge in [-0.05, 0) is 23.8 Å². The summed E-state index contributed by atoms with van der Waals surface area (Å²) in [6, 6.07) is 18.3. The maximum absolute atomic E-state index is 13.3. The van der Waals surface area contributed by atoms with Gasteiger partial charge in [-0.25, -0.2) is 0 Å². The van der Waals surface area contributed by atoms with E-state index in [1.165, 1.54) is 0 Å². The molecule has 0 radical (unpaired) electrons. The van der Waals surface area contributed by atoms with Gasteiger partial charge in [-0.2, -0.15) is 5.10 Å². The highest BCUT2D eigenvalue weighted by atomic mass is 19.4. The first-order valence-corrected chi connectivity index (χ1v) is 6.46. The van der Waals surface area contributed by atoms with Crippen molar-refractivity contribution in [1.82, 2.24) is 9.78 Å². The van der Waals surface area contributed by atoms with Crippen LogP contribution >= 0.6 is 0 Å². The van der Waals surface area contributed by atoms with E-state index in [0.29, 0.717) is 16.9 Å². The first-order valence-electron chi connectivity index (χ1n) is 6.46. The van der Waals surface area contributed by atoms with E-state index in [2.05, 4.69) is 5.10 Å². The van der Waals surface area contributed by atoms with Gasteiger partial charge in [0.25, 0.3) is 0 Å². The summed E-state index contributed by atoms with van der Waals surface area (Å²) in [5, 5.41) is 4.13. The highest BCUT2D eigenvalue weighted by molar-refractivity contribution is 6.73. The Morgan fingerprint density at radius 3 is 1.95 bits per heavy atom. The topological polar surface area (TPSA) is 17.8 Å². The summed E-state index contributed by atoms with van der Waals surface area (Å²) in [6.45, 7) is -5.14. The van der Waals surface area contributed by atoms with Crippen LogP contribution in [0.4, 0.5) is 12.9 Å². The van der Waals surface area contributed by atoms with Crippen LogP contribution in [0.1, 0.15) is 0 Å². The quantitative estimate of drug-likeness (QED) is 0.673. The van der Waals surface area contributed by atoms with Gasteiger partial charge in [-0.15, -0.1) is 0 Å². The van der Waals surface area contributed by atoms with Gasteiger partial charge in [-0.3, -0.25) is 4.68 Å². The zero-order valence-corrected chi connectivity index (χ0v) is 11.0. The van der Waals surface area contributed by atoms with E-state index in [-0.39, 0.29) is 0 Å². The van der Waals surface area contributed by atoms with Gasteiger partial charge in [-0.1, -0.05) is 48.5 Å². The van der Waals surface area contributed by atoms with E-state index < -0.39 is 12.6 Å². The highest BCUT2D eigenvalue weighted by Gasteiger charge is 2.31. The highest BCUT2D eigenvalue weighted by Crippen LogP contribution is 2.20. The molecule has 0 saturated carbocycles. The van der Waals surface area contributed by atoms with Crippen LogP contribution < -0.4 is 5.59 Å². The molecule has 3 aromatic rings. The minimum Gasteiger partial charge on any atom is -0.444 e. The lowest BCUT2D eigenvalue weighted by molar-refractivity contribution is 0.495. The largest absolute Gasteiger partial charge is 0.527 e. The number of aromatic nitrogens is 2. The number of para-hydroxylation sites is 1. The van der Waals surface area contributed by atoms with Crippen LogP contribution in [0.2, 0.25) is 0 Å². The zero-order chi connectivity index (χ0) is 14.9. The van der Waals surface area contributed by atoms with Crippen molar-refractivity contribution in [2.45, 2.75) is 0 Å². The van der Waals surface area contributed by atoms with Crippen LogP contribution in [0.3, 0.4) is 0 Å². The van der Waals surface area contributed by atoms with Crippen LogP contribution in [0.25, 0.3) is 16.9 Å².